The molecule has 2 aromatic rings. The third-order valence-electron chi connectivity index (χ3n) is 3.56. The second-order valence-corrected chi connectivity index (χ2v) is 5.84. The summed E-state index contributed by atoms with van der Waals surface area (Å²) >= 11 is 0. The summed E-state index contributed by atoms with van der Waals surface area (Å²) in [5, 5.41) is 11.9. The van der Waals surface area contributed by atoms with Gasteiger partial charge in [0.15, 0.2) is 0 Å². The molecular weight excluding hydrogens is 274 g/mol. The molecule has 0 radical (unpaired) electrons. The summed E-state index contributed by atoms with van der Waals surface area (Å²) in [5.41, 5.74) is 3.60. The smallest absolute Gasteiger partial charge is 0.131 e. The Kier molecular flexibility index (Phi) is 5.99. The maximum Gasteiger partial charge on any atom is 0.131 e. The van der Waals surface area contributed by atoms with E-state index < -0.39 is 0 Å². The summed E-state index contributed by atoms with van der Waals surface area (Å²) in [7, 11) is 0. The Labute approximate surface area is 133 Å². The molecule has 0 aliphatic heterocycles. The fourth-order valence-electron chi connectivity index (χ4n) is 2.32. The van der Waals surface area contributed by atoms with Gasteiger partial charge in [-0.1, -0.05) is 38.1 Å². The molecule has 0 heterocycles. The zero-order valence-corrected chi connectivity index (χ0v) is 13.6. The Morgan fingerprint density at radius 2 is 1.82 bits per heavy atom. The molecule has 0 amide bonds. The van der Waals surface area contributed by atoms with Crippen LogP contribution in [0.2, 0.25) is 0 Å². The van der Waals surface area contributed by atoms with Crippen molar-refractivity contribution in [3.8, 4) is 11.5 Å². The number of nitrogens with one attached hydrogen (secondary N) is 1. The van der Waals surface area contributed by atoms with Crippen molar-refractivity contribution in [2.75, 3.05) is 13.2 Å². The van der Waals surface area contributed by atoms with Crippen LogP contribution in [0, 0.1) is 6.92 Å². The van der Waals surface area contributed by atoms with Crippen molar-refractivity contribution < 1.29 is 9.84 Å². The summed E-state index contributed by atoms with van der Waals surface area (Å²) in [6.07, 6.45) is 0. The third kappa shape index (κ3) is 4.58. The first kappa shape index (κ1) is 16.5. The molecule has 0 aliphatic carbocycles. The van der Waals surface area contributed by atoms with Gasteiger partial charge in [-0.15, -0.1) is 0 Å². The Balaban J connectivity index is 2.09. The molecule has 0 saturated carbocycles. The average molecular weight is 299 g/mol. The van der Waals surface area contributed by atoms with Crippen molar-refractivity contribution >= 4 is 0 Å². The third-order valence-corrected chi connectivity index (χ3v) is 3.56. The summed E-state index contributed by atoms with van der Waals surface area (Å²) in [6, 6.07) is 14.4. The first-order chi connectivity index (χ1) is 10.6. The van der Waals surface area contributed by atoms with E-state index in [9.17, 15) is 0 Å². The van der Waals surface area contributed by atoms with Crippen LogP contribution < -0.4 is 10.1 Å². The van der Waals surface area contributed by atoms with Gasteiger partial charge in [-0.25, -0.2) is 0 Å². The molecule has 0 aliphatic rings. The molecule has 3 heteroatoms. The molecule has 0 aromatic heterocycles. The van der Waals surface area contributed by atoms with Gasteiger partial charge in [0, 0.05) is 13.1 Å². The van der Waals surface area contributed by atoms with Gasteiger partial charge in [-0.3, -0.25) is 0 Å². The highest BCUT2D eigenvalue weighted by molar-refractivity contribution is 5.42. The van der Waals surface area contributed by atoms with Crippen molar-refractivity contribution in [1.29, 1.82) is 0 Å². The van der Waals surface area contributed by atoms with Crippen LogP contribution in [0.25, 0.3) is 0 Å². The molecule has 0 fully saturated rings. The average Bonchev–Trinajstić information content (AvgIpc) is 2.49. The van der Waals surface area contributed by atoms with Crippen molar-refractivity contribution in [2.24, 2.45) is 0 Å². The quantitative estimate of drug-likeness (QED) is 0.760. The van der Waals surface area contributed by atoms with Crippen LogP contribution in [0.5, 0.6) is 11.5 Å². The van der Waals surface area contributed by atoms with E-state index in [1.54, 1.807) is 0 Å². The molecule has 22 heavy (non-hydrogen) atoms. The minimum absolute atomic E-state index is 0.159. The molecule has 2 N–H and O–H groups in total. The second kappa shape index (κ2) is 7.97. The normalized spacial score (nSPS) is 11.0. The monoisotopic (exact) mass is 299 g/mol. The zero-order valence-electron chi connectivity index (χ0n) is 13.6. The Morgan fingerprint density at radius 1 is 1.09 bits per heavy atom. The first-order valence-corrected chi connectivity index (χ1v) is 7.79. The van der Waals surface area contributed by atoms with Crippen molar-refractivity contribution in [1.82, 2.24) is 5.32 Å². The molecule has 0 bridgehead atoms. The molecule has 118 valence electrons. The van der Waals surface area contributed by atoms with E-state index in [-0.39, 0.29) is 6.61 Å². The van der Waals surface area contributed by atoms with Gasteiger partial charge in [-0.2, -0.15) is 0 Å². The summed E-state index contributed by atoms with van der Waals surface area (Å²) in [5.74, 6) is 2.21. The van der Waals surface area contributed by atoms with Crippen LogP contribution in [0.1, 0.15) is 36.5 Å². The lowest BCUT2D eigenvalue weighted by atomic mass is 10.0. The Hall–Kier alpha value is -1.84. The summed E-state index contributed by atoms with van der Waals surface area (Å²) in [6.45, 7) is 7.95. The van der Waals surface area contributed by atoms with E-state index in [0.29, 0.717) is 12.5 Å². The lowest BCUT2D eigenvalue weighted by Gasteiger charge is -2.15. The molecule has 0 saturated heterocycles. The van der Waals surface area contributed by atoms with Crippen molar-refractivity contribution in [3.05, 3.63) is 59.2 Å². The summed E-state index contributed by atoms with van der Waals surface area (Å²) in [4.78, 5) is 0. The largest absolute Gasteiger partial charge is 0.457 e. The molecule has 2 rings (SSSR count). The number of hydrogen-bond donors (Lipinski definition) is 2. The Morgan fingerprint density at radius 3 is 2.45 bits per heavy atom. The highest BCUT2D eigenvalue weighted by atomic mass is 16.5. The van der Waals surface area contributed by atoms with E-state index in [2.05, 4.69) is 44.3 Å². The number of aliphatic hydroxyl groups is 1. The van der Waals surface area contributed by atoms with Crippen LogP contribution in [-0.2, 0) is 6.54 Å². The molecule has 0 unspecified atom stereocenters. The van der Waals surface area contributed by atoms with Crippen molar-refractivity contribution in [2.45, 2.75) is 33.2 Å². The number of ether oxygens (including phenoxy) is 1. The van der Waals surface area contributed by atoms with E-state index in [4.69, 9.17) is 9.84 Å². The SMILES string of the molecule is Cc1ccc(C(C)C)c(Oc2ccc(CNCCO)cc2)c1. The zero-order chi connectivity index (χ0) is 15.9. The second-order valence-electron chi connectivity index (χ2n) is 5.84. The van der Waals surface area contributed by atoms with E-state index in [1.807, 2.05) is 24.3 Å². The molecule has 0 atom stereocenters. The fraction of sp³-hybridized carbons (Fsp3) is 0.368. The van der Waals surface area contributed by atoms with Gasteiger partial charge >= 0.3 is 0 Å². The molecule has 0 spiro atoms. The van der Waals surface area contributed by atoms with Crippen LogP contribution >= 0.6 is 0 Å². The summed E-state index contributed by atoms with van der Waals surface area (Å²) < 4.78 is 6.07. The number of hydrogen-bond acceptors (Lipinski definition) is 3. The first-order valence-electron chi connectivity index (χ1n) is 7.79. The molecular formula is C19H25NO2. The van der Waals surface area contributed by atoms with Gasteiger partial charge in [0.25, 0.3) is 0 Å². The van der Waals surface area contributed by atoms with Crippen LogP contribution in [0.15, 0.2) is 42.5 Å². The van der Waals surface area contributed by atoms with Crippen LogP contribution in [-0.4, -0.2) is 18.3 Å². The predicted octanol–water partition coefficient (Wildman–Crippen LogP) is 3.99. The maximum atomic E-state index is 8.76. The fourth-order valence-corrected chi connectivity index (χ4v) is 2.32. The number of rotatable bonds is 7. The van der Waals surface area contributed by atoms with Crippen LogP contribution in [0.4, 0.5) is 0 Å². The minimum atomic E-state index is 0.159. The Bertz CT molecular complexity index is 591. The highest BCUT2D eigenvalue weighted by Crippen LogP contribution is 2.31. The van der Waals surface area contributed by atoms with Gasteiger partial charge < -0.3 is 15.2 Å². The van der Waals surface area contributed by atoms with E-state index >= 15 is 0 Å². The lowest BCUT2D eigenvalue weighted by molar-refractivity contribution is 0.292. The van der Waals surface area contributed by atoms with Crippen LogP contribution in [0.3, 0.4) is 0 Å². The lowest BCUT2D eigenvalue weighted by Crippen LogP contribution is -2.17. The number of aliphatic hydroxyl groups excluding tert-OH is 1. The topological polar surface area (TPSA) is 41.5 Å². The van der Waals surface area contributed by atoms with Gasteiger partial charge in [0.05, 0.1) is 6.61 Å². The van der Waals surface area contributed by atoms with E-state index in [0.717, 1.165) is 18.0 Å². The molecule has 2 aromatic carbocycles. The standard InChI is InChI=1S/C19H25NO2/c1-14(2)18-9-4-15(3)12-19(18)22-17-7-5-16(6-8-17)13-20-10-11-21/h4-9,12,14,20-21H,10-11,13H2,1-3H3. The predicted molar refractivity (Wildman–Crippen MR) is 90.6 cm³/mol. The van der Waals surface area contributed by atoms with Crippen molar-refractivity contribution in [3.63, 3.8) is 0 Å². The van der Waals surface area contributed by atoms with Gasteiger partial charge in [-0.05, 0) is 47.7 Å². The number of benzene rings is 2. The van der Waals surface area contributed by atoms with Gasteiger partial charge in [0.1, 0.15) is 11.5 Å². The van der Waals surface area contributed by atoms with Gasteiger partial charge in [0.2, 0.25) is 0 Å². The van der Waals surface area contributed by atoms with E-state index in [1.165, 1.54) is 16.7 Å². The highest BCUT2D eigenvalue weighted by Gasteiger charge is 2.09. The minimum Gasteiger partial charge on any atom is -0.457 e. The number of aryl methyl sites for hydroxylation is 1. The molecule has 3 nitrogen and oxygen atoms in total. The maximum absolute atomic E-state index is 8.76.